The molecule has 8 rings (SSSR count). The average Bonchev–Trinajstić information content (AvgIpc) is 3.90. The van der Waals surface area contributed by atoms with E-state index in [1.54, 1.807) is 58.1 Å². The van der Waals surface area contributed by atoms with Crippen molar-refractivity contribution in [3.05, 3.63) is 119 Å². The lowest BCUT2D eigenvalue weighted by Gasteiger charge is -2.38. The standard InChI is InChI=1S/C39H37BrN6O7/c40-26-20-39-33-32(34(26)53-39)38(51)52-30(25-14-6-2-7-15-25)21-41-31(48)18-8-3-11-19-44(23-45-28-17-10-9-16-27(28)42-43-45)37(50)35(39)46(36(33)49)29(22-47)24-12-4-1-5-13-24/h1-7,9-17,20,29-30,32-35,47H,8,18-19,21-23H2,(H,41,48)/b11-3-/t29-,30+,32+,33-,34+,35+,39-/m1/s1. The molecule has 0 aliphatic carbocycles. The van der Waals surface area contributed by atoms with Gasteiger partial charge in [0.1, 0.15) is 42.0 Å². The number of cyclic esters (lactones) is 1. The van der Waals surface area contributed by atoms with Crippen LogP contribution in [-0.2, 0) is 35.3 Å². The van der Waals surface area contributed by atoms with Gasteiger partial charge in [0.25, 0.3) is 5.91 Å². The van der Waals surface area contributed by atoms with E-state index in [0.717, 1.165) is 0 Å². The Morgan fingerprint density at radius 2 is 1.68 bits per heavy atom. The lowest BCUT2D eigenvalue weighted by Crippen LogP contribution is -2.57. The van der Waals surface area contributed by atoms with Gasteiger partial charge in [0, 0.05) is 17.4 Å². The number of esters is 1. The van der Waals surface area contributed by atoms with Crippen LogP contribution in [0.1, 0.15) is 36.1 Å². The number of amides is 3. The quantitative estimate of drug-likeness (QED) is 0.221. The van der Waals surface area contributed by atoms with Crippen molar-refractivity contribution in [3.63, 3.8) is 0 Å². The van der Waals surface area contributed by atoms with E-state index in [4.69, 9.17) is 9.47 Å². The van der Waals surface area contributed by atoms with Crippen molar-refractivity contribution in [2.45, 2.75) is 49.4 Å². The summed E-state index contributed by atoms with van der Waals surface area (Å²) < 4.78 is 15.0. The number of halogens is 1. The average molecular weight is 782 g/mol. The minimum atomic E-state index is -1.58. The molecule has 0 saturated carbocycles. The van der Waals surface area contributed by atoms with Crippen LogP contribution < -0.4 is 5.32 Å². The summed E-state index contributed by atoms with van der Waals surface area (Å²) in [7, 11) is 0. The topological polar surface area (TPSA) is 156 Å². The Balaban J connectivity index is 1.25. The summed E-state index contributed by atoms with van der Waals surface area (Å²) in [5.74, 6) is -4.21. The highest BCUT2D eigenvalue weighted by Crippen LogP contribution is 2.60. The molecule has 4 aromatic rings. The normalized spacial score (nSPS) is 28.8. The van der Waals surface area contributed by atoms with Gasteiger partial charge >= 0.3 is 5.97 Å². The molecule has 3 aromatic carbocycles. The van der Waals surface area contributed by atoms with Gasteiger partial charge in [-0.2, -0.15) is 0 Å². The van der Waals surface area contributed by atoms with Gasteiger partial charge in [-0.05, 0) is 35.8 Å². The van der Waals surface area contributed by atoms with E-state index in [2.05, 4.69) is 31.6 Å². The summed E-state index contributed by atoms with van der Waals surface area (Å²) in [5, 5.41) is 22.4. The van der Waals surface area contributed by atoms with Gasteiger partial charge in [0.05, 0.1) is 30.6 Å². The maximum atomic E-state index is 15.3. The van der Waals surface area contributed by atoms with E-state index in [1.165, 1.54) is 4.90 Å². The van der Waals surface area contributed by atoms with Gasteiger partial charge in [-0.3, -0.25) is 19.2 Å². The van der Waals surface area contributed by atoms with Gasteiger partial charge in [0.2, 0.25) is 11.8 Å². The first-order valence-corrected chi connectivity index (χ1v) is 18.4. The van der Waals surface area contributed by atoms with Gasteiger partial charge in [-0.25, -0.2) is 4.68 Å². The van der Waals surface area contributed by atoms with Crippen LogP contribution in [0.5, 0.6) is 0 Å². The third-order valence-corrected chi connectivity index (χ3v) is 11.2. The summed E-state index contributed by atoms with van der Waals surface area (Å²) in [6.45, 7) is -0.407. The lowest BCUT2D eigenvalue weighted by atomic mass is 9.74. The molecule has 1 aromatic heterocycles. The zero-order valence-electron chi connectivity index (χ0n) is 28.5. The largest absolute Gasteiger partial charge is 0.455 e. The number of aliphatic hydroxyl groups is 1. The number of carbonyl (C=O) groups is 4. The van der Waals surface area contributed by atoms with Crippen molar-refractivity contribution in [3.8, 4) is 0 Å². The number of para-hydroxylation sites is 1. The number of hydrogen-bond acceptors (Lipinski definition) is 9. The molecule has 14 heteroatoms. The molecule has 1 spiro atoms. The van der Waals surface area contributed by atoms with E-state index in [0.29, 0.717) is 33.1 Å². The molecule has 4 aliphatic heterocycles. The van der Waals surface area contributed by atoms with E-state index >= 15 is 9.59 Å². The van der Waals surface area contributed by atoms with Crippen LogP contribution >= 0.6 is 15.9 Å². The summed E-state index contributed by atoms with van der Waals surface area (Å²) in [6, 6.07) is 23.2. The third-order valence-electron chi connectivity index (χ3n) is 10.5. The molecule has 7 atom stereocenters. The van der Waals surface area contributed by atoms with E-state index in [1.807, 2.05) is 54.6 Å². The molecule has 5 bridgehead atoms. The maximum Gasteiger partial charge on any atom is 0.313 e. The molecule has 13 nitrogen and oxygen atoms in total. The van der Waals surface area contributed by atoms with E-state index in [-0.39, 0.29) is 32.1 Å². The Kier molecular flexibility index (Phi) is 9.43. The molecule has 2 N–H and O–H groups in total. The Bertz CT molecular complexity index is 2110. The molecule has 2 fully saturated rings. The van der Waals surface area contributed by atoms with Crippen molar-refractivity contribution in [1.82, 2.24) is 30.1 Å². The molecule has 53 heavy (non-hydrogen) atoms. The number of allylic oxidation sites excluding steroid dienone is 1. The number of hydrogen-bond donors (Lipinski definition) is 2. The Morgan fingerprint density at radius 1 is 0.943 bits per heavy atom. The van der Waals surface area contributed by atoms with Crippen molar-refractivity contribution in [1.29, 1.82) is 0 Å². The monoisotopic (exact) mass is 780 g/mol. The predicted molar refractivity (Wildman–Crippen MR) is 194 cm³/mol. The number of aliphatic hydroxyl groups excluding tert-OH is 1. The Morgan fingerprint density at radius 3 is 2.45 bits per heavy atom. The molecule has 5 heterocycles. The number of nitrogens with one attached hydrogen (secondary N) is 1. The lowest BCUT2D eigenvalue weighted by molar-refractivity contribution is -0.160. The molecule has 4 aliphatic rings. The minimum absolute atomic E-state index is 0.0186. The number of ether oxygens (including phenoxy) is 2. The third kappa shape index (κ3) is 6.13. The number of benzene rings is 3. The first kappa shape index (κ1) is 34.9. The summed E-state index contributed by atoms with van der Waals surface area (Å²) in [4.78, 5) is 60.6. The second kappa shape index (κ2) is 14.3. The summed E-state index contributed by atoms with van der Waals surface area (Å²) >= 11 is 3.61. The SMILES string of the molecule is O=C1CC/C=C\CN(Cn2nnc3ccccc32)C(=O)[C@@H]2N([C@H](CO)c3ccccc3)C(=O)[C@H]3[C@H](C(=O)O[C@H](c4ccccc4)CN1)[C@H]1O[C@@]23C=C1Br. The molecular formula is C39H37BrN6O7. The van der Waals surface area contributed by atoms with Crippen LogP contribution in [0.25, 0.3) is 11.0 Å². The van der Waals surface area contributed by atoms with Crippen LogP contribution in [0, 0.1) is 11.8 Å². The molecule has 0 radical (unpaired) electrons. The van der Waals surface area contributed by atoms with Gasteiger partial charge in [-0.15, -0.1) is 5.10 Å². The van der Waals surface area contributed by atoms with E-state index < -0.39 is 66.1 Å². The number of nitrogens with zero attached hydrogens (tertiary/aromatic N) is 5. The fraction of sp³-hybridized carbons (Fsp3) is 0.333. The second-order valence-corrected chi connectivity index (χ2v) is 14.5. The van der Waals surface area contributed by atoms with Gasteiger partial charge in [-0.1, -0.05) is 106 Å². The van der Waals surface area contributed by atoms with Crippen LogP contribution in [0.15, 0.2) is 108 Å². The van der Waals surface area contributed by atoms with Crippen molar-refractivity contribution < 1.29 is 33.8 Å². The first-order valence-electron chi connectivity index (χ1n) is 17.6. The van der Waals surface area contributed by atoms with Crippen LogP contribution in [0.2, 0.25) is 0 Å². The number of rotatable bonds is 6. The Hall–Kier alpha value is -5.18. The smallest absolute Gasteiger partial charge is 0.313 e. The molecule has 0 unspecified atom stereocenters. The van der Waals surface area contributed by atoms with Crippen molar-refractivity contribution in [2.24, 2.45) is 11.8 Å². The predicted octanol–water partition coefficient (Wildman–Crippen LogP) is 3.57. The highest BCUT2D eigenvalue weighted by atomic mass is 79.9. The zero-order valence-corrected chi connectivity index (χ0v) is 30.1. The minimum Gasteiger partial charge on any atom is -0.455 e. The number of likely N-dealkylation sites (tertiary alicyclic amines) is 1. The number of aromatic nitrogens is 3. The van der Waals surface area contributed by atoms with Crippen LogP contribution in [0.3, 0.4) is 0 Å². The second-order valence-electron chi connectivity index (χ2n) is 13.6. The Labute approximate surface area is 313 Å². The van der Waals surface area contributed by atoms with Crippen LogP contribution in [0.4, 0.5) is 0 Å². The highest BCUT2D eigenvalue weighted by molar-refractivity contribution is 9.11. The van der Waals surface area contributed by atoms with E-state index in [9.17, 15) is 14.7 Å². The number of fused-ring (bicyclic) bond motifs is 3. The maximum absolute atomic E-state index is 15.3. The molecule has 272 valence electrons. The highest BCUT2D eigenvalue weighted by Gasteiger charge is 2.75. The summed E-state index contributed by atoms with van der Waals surface area (Å²) in [6.07, 6.45) is 4.16. The zero-order chi connectivity index (χ0) is 36.7. The van der Waals surface area contributed by atoms with Crippen molar-refractivity contribution in [2.75, 3.05) is 19.7 Å². The molecule has 2 saturated heterocycles. The van der Waals surface area contributed by atoms with Gasteiger partial charge < -0.3 is 29.7 Å². The summed E-state index contributed by atoms with van der Waals surface area (Å²) in [5.41, 5.74) is 1.05. The first-order chi connectivity index (χ1) is 25.8. The number of carbonyl (C=O) groups excluding carboxylic acids is 4. The van der Waals surface area contributed by atoms with Crippen molar-refractivity contribution >= 4 is 50.7 Å². The fourth-order valence-electron chi connectivity index (χ4n) is 8.09. The fourth-order valence-corrected chi connectivity index (χ4v) is 8.82. The van der Waals surface area contributed by atoms with Crippen LogP contribution in [-0.4, -0.2) is 91.0 Å². The molecular weight excluding hydrogens is 744 g/mol. The van der Waals surface area contributed by atoms with Gasteiger partial charge in [0.15, 0.2) is 0 Å². The molecule has 3 amide bonds.